The third-order valence-electron chi connectivity index (χ3n) is 1.79. The zero-order chi connectivity index (χ0) is 11.6. The van der Waals surface area contributed by atoms with Crippen LogP contribution in [0.5, 0.6) is 0 Å². The van der Waals surface area contributed by atoms with Gasteiger partial charge in [-0.15, -0.1) is 11.6 Å². The highest BCUT2D eigenvalue weighted by Crippen LogP contribution is 2.30. The minimum absolute atomic E-state index is 0.0570. The lowest BCUT2D eigenvalue weighted by molar-refractivity contribution is -0.387. The van der Waals surface area contributed by atoms with Crippen LogP contribution in [-0.4, -0.2) is 9.91 Å². The van der Waals surface area contributed by atoms with Crippen molar-refractivity contribution in [2.24, 2.45) is 0 Å². The topological polar surface area (TPSA) is 56.0 Å². The second-order valence-corrected chi connectivity index (χ2v) is 3.12. The molecule has 0 aliphatic heterocycles. The molecule has 4 nitrogen and oxygen atoms in total. The highest BCUT2D eigenvalue weighted by Gasteiger charge is 2.26. The Balaban J connectivity index is 3.42. The average molecular weight is 237 g/mol. The molecule has 0 saturated heterocycles. The van der Waals surface area contributed by atoms with E-state index >= 15 is 0 Å². The molecule has 0 spiro atoms. The van der Waals surface area contributed by atoms with E-state index in [-0.39, 0.29) is 17.1 Å². The fourth-order valence-corrected chi connectivity index (χ4v) is 1.36. The maximum atomic E-state index is 12.5. The average Bonchev–Trinajstić information content (AvgIpc) is 2.15. The van der Waals surface area contributed by atoms with Crippen molar-refractivity contribution < 1.29 is 13.7 Å². The van der Waals surface area contributed by atoms with Gasteiger partial charge in [0.2, 0.25) is 0 Å². The number of rotatable bonds is 3. The van der Waals surface area contributed by atoms with Gasteiger partial charge in [-0.25, -0.2) is 13.8 Å². The zero-order valence-corrected chi connectivity index (χ0v) is 8.46. The van der Waals surface area contributed by atoms with Gasteiger partial charge >= 0.3 is 0 Å². The number of alkyl halides is 3. The number of hydrogen-bond donors (Lipinski definition) is 0. The highest BCUT2D eigenvalue weighted by atomic mass is 35.5. The molecule has 1 aromatic heterocycles. The first-order chi connectivity index (χ1) is 6.97. The molecule has 0 radical (unpaired) electrons. The van der Waals surface area contributed by atoms with Gasteiger partial charge < -0.3 is 0 Å². The number of pyridine rings is 1. The summed E-state index contributed by atoms with van der Waals surface area (Å²) in [5.74, 6) is -0.0570. The number of aryl methyl sites for hydroxylation is 1. The molecule has 0 unspecified atom stereocenters. The lowest BCUT2D eigenvalue weighted by Crippen LogP contribution is -2.04. The molecule has 1 rings (SSSR count). The van der Waals surface area contributed by atoms with E-state index in [4.69, 9.17) is 11.6 Å². The van der Waals surface area contributed by atoms with E-state index in [0.29, 0.717) is 0 Å². The van der Waals surface area contributed by atoms with Crippen LogP contribution in [-0.2, 0) is 5.88 Å². The van der Waals surface area contributed by atoms with Crippen LogP contribution in [0.4, 0.5) is 14.5 Å². The van der Waals surface area contributed by atoms with Gasteiger partial charge in [0, 0.05) is 5.56 Å². The van der Waals surface area contributed by atoms with Crippen molar-refractivity contribution in [3.8, 4) is 0 Å². The van der Waals surface area contributed by atoms with Crippen molar-refractivity contribution in [1.29, 1.82) is 0 Å². The quantitative estimate of drug-likeness (QED) is 0.461. The maximum absolute atomic E-state index is 12.5. The SMILES string of the molecule is Cc1cc(CCl)nc(C(F)F)c1[N+](=O)[O-]. The molecular weight excluding hydrogens is 230 g/mol. The molecule has 0 bridgehead atoms. The molecule has 0 atom stereocenters. The van der Waals surface area contributed by atoms with Crippen LogP contribution in [0.2, 0.25) is 0 Å². The van der Waals surface area contributed by atoms with Crippen LogP contribution in [0.1, 0.15) is 23.4 Å². The van der Waals surface area contributed by atoms with Gasteiger partial charge in [0.1, 0.15) is 0 Å². The third kappa shape index (κ3) is 2.38. The van der Waals surface area contributed by atoms with E-state index in [2.05, 4.69) is 4.98 Å². The Morgan fingerprint density at radius 1 is 1.67 bits per heavy atom. The minimum Gasteiger partial charge on any atom is -0.258 e. The van der Waals surface area contributed by atoms with Crippen LogP contribution in [0.25, 0.3) is 0 Å². The first kappa shape index (κ1) is 11.8. The van der Waals surface area contributed by atoms with E-state index in [1.165, 1.54) is 13.0 Å². The normalized spacial score (nSPS) is 10.7. The van der Waals surface area contributed by atoms with Gasteiger partial charge in [0.05, 0.1) is 16.5 Å². The summed E-state index contributed by atoms with van der Waals surface area (Å²) in [6, 6.07) is 1.33. The lowest BCUT2D eigenvalue weighted by atomic mass is 10.1. The Morgan fingerprint density at radius 2 is 2.27 bits per heavy atom. The van der Waals surface area contributed by atoms with Gasteiger partial charge in [0.15, 0.2) is 5.69 Å². The molecule has 0 amide bonds. The van der Waals surface area contributed by atoms with Crippen molar-refractivity contribution in [3.05, 3.63) is 33.1 Å². The number of hydrogen-bond acceptors (Lipinski definition) is 3. The van der Waals surface area contributed by atoms with Crippen molar-refractivity contribution in [3.63, 3.8) is 0 Å². The third-order valence-corrected chi connectivity index (χ3v) is 2.06. The monoisotopic (exact) mass is 236 g/mol. The van der Waals surface area contributed by atoms with Gasteiger partial charge in [-0.3, -0.25) is 10.1 Å². The van der Waals surface area contributed by atoms with Gasteiger partial charge in [-0.1, -0.05) is 0 Å². The fraction of sp³-hybridized carbons (Fsp3) is 0.375. The van der Waals surface area contributed by atoms with Crippen molar-refractivity contribution in [2.45, 2.75) is 19.2 Å². The molecule has 0 saturated carbocycles. The minimum atomic E-state index is -2.98. The Labute approximate surface area is 89.0 Å². The first-order valence-corrected chi connectivity index (χ1v) is 4.49. The van der Waals surface area contributed by atoms with Crippen LogP contribution in [0, 0.1) is 17.0 Å². The van der Waals surface area contributed by atoms with Gasteiger partial charge in [0.25, 0.3) is 12.1 Å². The van der Waals surface area contributed by atoms with Crippen molar-refractivity contribution >= 4 is 17.3 Å². The van der Waals surface area contributed by atoms with E-state index in [9.17, 15) is 18.9 Å². The summed E-state index contributed by atoms with van der Waals surface area (Å²) in [6.07, 6.45) is -2.98. The van der Waals surface area contributed by atoms with Crippen LogP contribution in [0.15, 0.2) is 6.07 Å². The standard InChI is InChI=1S/C8H7ClF2N2O2/c1-4-2-5(3-9)12-6(8(10)11)7(4)13(14)15/h2,8H,3H2,1H3. The number of nitrogens with zero attached hydrogens (tertiary/aromatic N) is 2. The maximum Gasteiger partial charge on any atom is 0.299 e. The number of halogens is 3. The van der Waals surface area contributed by atoms with Crippen molar-refractivity contribution in [2.75, 3.05) is 0 Å². The Kier molecular flexibility index (Phi) is 3.52. The highest BCUT2D eigenvalue weighted by molar-refractivity contribution is 6.16. The molecule has 0 aliphatic rings. The van der Waals surface area contributed by atoms with E-state index in [0.717, 1.165) is 0 Å². The van der Waals surface area contributed by atoms with Gasteiger partial charge in [-0.2, -0.15) is 0 Å². The summed E-state index contributed by atoms with van der Waals surface area (Å²) < 4.78 is 24.9. The molecule has 0 aromatic carbocycles. The van der Waals surface area contributed by atoms with Crippen LogP contribution >= 0.6 is 11.6 Å². The summed E-state index contributed by atoms with van der Waals surface area (Å²) in [7, 11) is 0. The Morgan fingerprint density at radius 3 is 2.67 bits per heavy atom. The van der Waals surface area contributed by atoms with Crippen molar-refractivity contribution in [1.82, 2.24) is 4.98 Å². The summed E-state index contributed by atoms with van der Waals surface area (Å²) in [5.41, 5.74) is -1.12. The second kappa shape index (κ2) is 4.48. The largest absolute Gasteiger partial charge is 0.299 e. The molecule has 0 N–H and O–H groups in total. The van der Waals surface area contributed by atoms with Crippen LogP contribution < -0.4 is 0 Å². The van der Waals surface area contributed by atoms with E-state index < -0.39 is 22.7 Å². The smallest absolute Gasteiger partial charge is 0.258 e. The second-order valence-electron chi connectivity index (χ2n) is 2.86. The van der Waals surface area contributed by atoms with Gasteiger partial charge in [-0.05, 0) is 13.0 Å². The number of nitro groups is 1. The summed E-state index contributed by atoms with van der Waals surface area (Å²) >= 11 is 5.43. The molecule has 0 fully saturated rings. The molecule has 82 valence electrons. The molecule has 1 heterocycles. The Bertz CT molecular complexity index is 398. The summed E-state index contributed by atoms with van der Waals surface area (Å²) in [5, 5.41) is 10.5. The summed E-state index contributed by atoms with van der Waals surface area (Å²) in [4.78, 5) is 13.1. The lowest BCUT2D eigenvalue weighted by Gasteiger charge is -2.05. The molecule has 0 aliphatic carbocycles. The predicted molar refractivity (Wildman–Crippen MR) is 50.1 cm³/mol. The Hall–Kier alpha value is -1.30. The zero-order valence-electron chi connectivity index (χ0n) is 7.71. The molecule has 1 aromatic rings. The first-order valence-electron chi connectivity index (χ1n) is 3.96. The van der Waals surface area contributed by atoms with Crippen LogP contribution in [0.3, 0.4) is 0 Å². The molecule has 7 heteroatoms. The predicted octanol–water partition coefficient (Wildman–Crippen LogP) is 2.97. The molecule has 15 heavy (non-hydrogen) atoms. The summed E-state index contributed by atoms with van der Waals surface area (Å²) in [6.45, 7) is 1.38. The van der Waals surface area contributed by atoms with E-state index in [1.54, 1.807) is 0 Å². The van der Waals surface area contributed by atoms with E-state index in [1.807, 2.05) is 0 Å². The fourth-order valence-electron chi connectivity index (χ4n) is 1.22. The number of aromatic nitrogens is 1. The molecular formula is C8H7ClF2N2O2.